The second kappa shape index (κ2) is 8.64. The lowest BCUT2D eigenvalue weighted by Gasteiger charge is -2.14. The molecule has 0 radical (unpaired) electrons. The third-order valence-corrected chi connectivity index (χ3v) is 4.81. The van der Waals surface area contributed by atoms with Gasteiger partial charge in [0, 0.05) is 30.4 Å². The number of aromatic nitrogens is 2. The summed E-state index contributed by atoms with van der Waals surface area (Å²) >= 11 is 1.64. The van der Waals surface area contributed by atoms with E-state index in [-0.39, 0.29) is 0 Å². The van der Waals surface area contributed by atoms with E-state index >= 15 is 0 Å². The van der Waals surface area contributed by atoms with E-state index in [0.29, 0.717) is 23.8 Å². The Balaban J connectivity index is 1.64. The highest BCUT2D eigenvalue weighted by Crippen LogP contribution is 2.38. The van der Waals surface area contributed by atoms with Gasteiger partial charge in [-0.25, -0.2) is 4.98 Å². The normalized spacial score (nSPS) is 10.6. The Labute approximate surface area is 156 Å². The van der Waals surface area contributed by atoms with E-state index in [4.69, 9.17) is 14.2 Å². The molecule has 136 valence electrons. The van der Waals surface area contributed by atoms with Crippen LogP contribution in [0.25, 0.3) is 10.7 Å². The van der Waals surface area contributed by atoms with Crippen molar-refractivity contribution in [1.82, 2.24) is 15.3 Å². The highest BCUT2D eigenvalue weighted by Gasteiger charge is 2.13. The molecule has 1 aromatic carbocycles. The zero-order valence-electron chi connectivity index (χ0n) is 15.0. The molecule has 7 heteroatoms. The van der Waals surface area contributed by atoms with Gasteiger partial charge in [-0.2, -0.15) is 0 Å². The summed E-state index contributed by atoms with van der Waals surface area (Å²) in [5, 5.41) is 4.35. The van der Waals surface area contributed by atoms with Crippen molar-refractivity contribution in [2.75, 3.05) is 21.3 Å². The van der Waals surface area contributed by atoms with E-state index < -0.39 is 0 Å². The van der Waals surface area contributed by atoms with Gasteiger partial charge >= 0.3 is 0 Å². The molecule has 0 aliphatic rings. The molecule has 0 unspecified atom stereocenters. The van der Waals surface area contributed by atoms with Crippen LogP contribution in [0.15, 0.2) is 42.7 Å². The van der Waals surface area contributed by atoms with Gasteiger partial charge in [0.25, 0.3) is 0 Å². The van der Waals surface area contributed by atoms with Gasteiger partial charge in [0.2, 0.25) is 5.75 Å². The maximum absolute atomic E-state index is 5.39. The lowest BCUT2D eigenvalue weighted by molar-refractivity contribution is 0.323. The van der Waals surface area contributed by atoms with Crippen LogP contribution in [0.2, 0.25) is 0 Å². The highest BCUT2D eigenvalue weighted by atomic mass is 32.1. The number of hydrogen-bond acceptors (Lipinski definition) is 7. The van der Waals surface area contributed by atoms with Crippen molar-refractivity contribution in [2.24, 2.45) is 0 Å². The van der Waals surface area contributed by atoms with Crippen LogP contribution in [0.4, 0.5) is 0 Å². The summed E-state index contributed by atoms with van der Waals surface area (Å²) in [5.74, 6) is 1.90. The largest absolute Gasteiger partial charge is 0.493 e. The Kier molecular flexibility index (Phi) is 6.04. The van der Waals surface area contributed by atoms with E-state index in [9.17, 15) is 0 Å². The van der Waals surface area contributed by atoms with Crippen LogP contribution < -0.4 is 19.5 Å². The van der Waals surface area contributed by atoms with Gasteiger partial charge < -0.3 is 19.5 Å². The molecule has 0 spiro atoms. The van der Waals surface area contributed by atoms with Crippen LogP contribution in [-0.2, 0) is 13.1 Å². The maximum atomic E-state index is 5.39. The monoisotopic (exact) mass is 371 g/mol. The summed E-state index contributed by atoms with van der Waals surface area (Å²) < 4.78 is 16.1. The van der Waals surface area contributed by atoms with Crippen molar-refractivity contribution in [2.45, 2.75) is 13.1 Å². The molecule has 2 heterocycles. The minimum atomic E-state index is 0.598. The molecule has 0 bridgehead atoms. The van der Waals surface area contributed by atoms with Gasteiger partial charge in [-0.15, -0.1) is 11.3 Å². The van der Waals surface area contributed by atoms with Crippen molar-refractivity contribution in [1.29, 1.82) is 0 Å². The average molecular weight is 371 g/mol. The van der Waals surface area contributed by atoms with Crippen LogP contribution in [-0.4, -0.2) is 31.3 Å². The van der Waals surface area contributed by atoms with Gasteiger partial charge in [-0.1, -0.05) is 6.07 Å². The van der Waals surface area contributed by atoms with E-state index in [1.807, 2.05) is 36.5 Å². The summed E-state index contributed by atoms with van der Waals surface area (Å²) in [7, 11) is 4.83. The third kappa shape index (κ3) is 4.12. The Hall–Kier alpha value is -2.64. The molecule has 0 aliphatic carbocycles. The van der Waals surface area contributed by atoms with E-state index in [1.54, 1.807) is 38.9 Å². The fourth-order valence-corrected chi connectivity index (χ4v) is 3.42. The molecule has 0 saturated carbocycles. The number of nitrogens with zero attached hydrogens (tertiary/aromatic N) is 2. The molecule has 2 aromatic heterocycles. The molecule has 1 N–H and O–H groups in total. The number of methoxy groups -OCH3 is 3. The van der Waals surface area contributed by atoms with Crippen molar-refractivity contribution < 1.29 is 14.2 Å². The fraction of sp³-hybridized carbons (Fsp3) is 0.263. The lowest BCUT2D eigenvalue weighted by atomic mass is 10.1. The zero-order valence-corrected chi connectivity index (χ0v) is 15.8. The van der Waals surface area contributed by atoms with E-state index in [2.05, 4.69) is 15.3 Å². The molecule has 0 amide bonds. The van der Waals surface area contributed by atoms with Gasteiger partial charge in [-0.3, -0.25) is 4.98 Å². The quantitative estimate of drug-likeness (QED) is 0.654. The van der Waals surface area contributed by atoms with Crippen LogP contribution >= 0.6 is 11.3 Å². The first kappa shape index (κ1) is 18.2. The first-order valence-electron chi connectivity index (χ1n) is 8.11. The molecule has 6 nitrogen and oxygen atoms in total. The highest BCUT2D eigenvalue weighted by molar-refractivity contribution is 7.14. The lowest BCUT2D eigenvalue weighted by Crippen LogP contribution is -2.12. The van der Waals surface area contributed by atoms with Gasteiger partial charge in [0.05, 0.1) is 27.0 Å². The van der Waals surface area contributed by atoms with Gasteiger partial charge in [0.15, 0.2) is 11.5 Å². The van der Waals surface area contributed by atoms with Crippen molar-refractivity contribution in [3.63, 3.8) is 0 Å². The summed E-state index contributed by atoms with van der Waals surface area (Å²) in [5.41, 5.74) is 1.95. The number of ether oxygens (including phenoxy) is 3. The van der Waals surface area contributed by atoms with Crippen LogP contribution in [0.1, 0.15) is 10.4 Å². The standard InChI is InChI=1S/C19H21N3O3S/c1-23-16-8-13(9-17(24-2)18(16)25-3)10-20-11-14-12-22-19(26-14)15-6-4-5-7-21-15/h4-9,12,20H,10-11H2,1-3H3. The molecule has 0 fully saturated rings. The molecular formula is C19H21N3O3S. The number of benzene rings is 1. The molecule has 0 saturated heterocycles. The van der Waals surface area contributed by atoms with E-state index in [1.165, 1.54) is 0 Å². The molecule has 3 rings (SSSR count). The Morgan fingerprint density at radius 2 is 1.73 bits per heavy atom. The summed E-state index contributed by atoms with van der Waals surface area (Å²) in [6, 6.07) is 9.72. The van der Waals surface area contributed by atoms with E-state index in [0.717, 1.165) is 27.7 Å². The third-order valence-electron chi connectivity index (χ3n) is 3.79. The number of thiazole rings is 1. The van der Waals surface area contributed by atoms with Crippen molar-refractivity contribution >= 4 is 11.3 Å². The Bertz CT molecular complexity index is 827. The first-order chi connectivity index (χ1) is 12.7. The van der Waals surface area contributed by atoms with Crippen LogP contribution in [0, 0.1) is 0 Å². The summed E-state index contributed by atoms with van der Waals surface area (Å²) in [6.45, 7) is 1.40. The second-order valence-electron chi connectivity index (χ2n) is 5.48. The fourth-order valence-electron chi connectivity index (χ4n) is 2.56. The SMILES string of the molecule is COc1cc(CNCc2cnc(-c3ccccn3)s2)cc(OC)c1OC. The number of rotatable bonds is 8. The molecule has 0 atom stereocenters. The molecule has 26 heavy (non-hydrogen) atoms. The van der Waals surface area contributed by atoms with Gasteiger partial charge in [0.1, 0.15) is 5.01 Å². The predicted octanol–water partition coefficient (Wildman–Crippen LogP) is 3.52. The van der Waals surface area contributed by atoms with Crippen molar-refractivity contribution in [3.8, 4) is 28.0 Å². The topological polar surface area (TPSA) is 65.5 Å². The molecule has 3 aromatic rings. The van der Waals surface area contributed by atoms with Crippen LogP contribution in [0.5, 0.6) is 17.2 Å². The van der Waals surface area contributed by atoms with Crippen molar-refractivity contribution in [3.05, 3.63) is 53.2 Å². The Morgan fingerprint density at radius 3 is 2.35 bits per heavy atom. The average Bonchev–Trinajstić information content (AvgIpc) is 3.16. The molecule has 0 aliphatic heterocycles. The summed E-state index contributed by atoms with van der Waals surface area (Å²) in [4.78, 5) is 9.93. The van der Waals surface area contributed by atoms with Crippen LogP contribution in [0.3, 0.4) is 0 Å². The minimum absolute atomic E-state index is 0.598. The number of nitrogens with one attached hydrogen (secondary N) is 1. The smallest absolute Gasteiger partial charge is 0.203 e. The summed E-state index contributed by atoms with van der Waals surface area (Å²) in [6.07, 6.45) is 3.66. The second-order valence-corrected chi connectivity index (χ2v) is 6.60. The zero-order chi connectivity index (χ0) is 18.4. The van der Waals surface area contributed by atoms with Gasteiger partial charge in [-0.05, 0) is 29.8 Å². The first-order valence-corrected chi connectivity index (χ1v) is 8.92. The Morgan fingerprint density at radius 1 is 0.962 bits per heavy atom. The maximum Gasteiger partial charge on any atom is 0.203 e. The number of hydrogen-bond donors (Lipinski definition) is 1. The number of pyridine rings is 1. The minimum Gasteiger partial charge on any atom is -0.493 e. The predicted molar refractivity (Wildman–Crippen MR) is 102 cm³/mol. The molecular weight excluding hydrogens is 350 g/mol.